The number of carbonyl (C=O) groups is 2. The number of fused-ring (bicyclic) bond motifs is 1. The predicted octanol–water partition coefficient (Wildman–Crippen LogP) is 0.0548. The molecule has 1 unspecified atom stereocenters. The van der Waals surface area contributed by atoms with Gasteiger partial charge in [-0.05, 0) is 19.1 Å². The van der Waals surface area contributed by atoms with E-state index in [4.69, 9.17) is 10.9 Å². The van der Waals surface area contributed by atoms with E-state index in [9.17, 15) is 9.59 Å². The fourth-order valence-corrected chi connectivity index (χ4v) is 2.02. The van der Waals surface area contributed by atoms with Gasteiger partial charge in [0.15, 0.2) is 0 Å². The Morgan fingerprint density at radius 1 is 1.32 bits per heavy atom. The third-order valence-corrected chi connectivity index (χ3v) is 3.06. The Morgan fingerprint density at radius 2 is 1.84 bits per heavy atom. The highest BCUT2D eigenvalue weighted by atomic mass is 32.2. The molecule has 1 aromatic rings. The molecule has 5 N–H and O–H groups in total. The summed E-state index contributed by atoms with van der Waals surface area (Å²) in [5.41, 5.74) is 6.48. The van der Waals surface area contributed by atoms with Crippen LogP contribution in [0.25, 0.3) is 0 Å². The van der Waals surface area contributed by atoms with E-state index in [2.05, 4.69) is 9.93 Å². The standard InChI is InChI=1S/C11H13N5O2S/c1-6(9(12)14-15-19-13)16-10(17)7-4-2-3-5-8(7)11(16)18/h2-6,15H,13H2,1H3,(H2,12,14). The van der Waals surface area contributed by atoms with E-state index < -0.39 is 6.04 Å². The predicted molar refractivity (Wildman–Crippen MR) is 72.9 cm³/mol. The SMILES string of the molecule is CC(/C(N)=N/NSN)N1C(=O)c2ccccc2C1=O. The van der Waals surface area contributed by atoms with E-state index >= 15 is 0 Å². The zero-order valence-corrected chi connectivity index (χ0v) is 11.0. The van der Waals surface area contributed by atoms with Crippen molar-refractivity contribution < 1.29 is 9.59 Å². The summed E-state index contributed by atoms with van der Waals surface area (Å²) >= 11 is 0.773. The maximum Gasteiger partial charge on any atom is 0.262 e. The summed E-state index contributed by atoms with van der Waals surface area (Å²) in [6, 6.07) is 6.00. The van der Waals surface area contributed by atoms with Gasteiger partial charge in [-0.15, -0.1) is 0 Å². The van der Waals surface area contributed by atoms with E-state index in [1.54, 1.807) is 31.2 Å². The van der Waals surface area contributed by atoms with Crippen molar-refractivity contribution in [2.45, 2.75) is 13.0 Å². The molecule has 0 radical (unpaired) electrons. The molecule has 0 aromatic heterocycles. The Labute approximate surface area is 114 Å². The highest BCUT2D eigenvalue weighted by Gasteiger charge is 2.39. The molecule has 2 amide bonds. The van der Waals surface area contributed by atoms with Gasteiger partial charge in [0.1, 0.15) is 5.84 Å². The molecule has 2 rings (SSSR count). The summed E-state index contributed by atoms with van der Waals surface area (Å²) in [6.07, 6.45) is 0. The summed E-state index contributed by atoms with van der Waals surface area (Å²) in [7, 11) is 0. The Balaban J connectivity index is 2.29. The van der Waals surface area contributed by atoms with E-state index in [-0.39, 0.29) is 17.6 Å². The van der Waals surface area contributed by atoms with Gasteiger partial charge in [0, 0.05) is 12.1 Å². The number of hydrogen-bond acceptors (Lipinski definition) is 6. The molecule has 0 bridgehead atoms. The van der Waals surface area contributed by atoms with Crippen LogP contribution in [0.3, 0.4) is 0 Å². The molecular weight excluding hydrogens is 266 g/mol. The van der Waals surface area contributed by atoms with Crippen LogP contribution in [-0.4, -0.2) is 28.6 Å². The molecule has 19 heavy (non-hydrogen) atoms. The topological polar surface area (TPSA) is 114 Å². The molecule has 0 spiro atoms. The van der Waals surface area contributed by atoms with Crippen molar-refractivity contribution in [2.24, 2.45) is 16.0 Å². The molecule has 1 heterocycles. The first-order valence-corrected chi connectivity index (χ1v) is 6.36. The minimum atomic E-state index is -0.646. The number of imide groups is 1. The molecule has 1 aliphatic rings. The molecule has 8 heteroatoms. The van der Waals surface area contributed by atoms with Crippen LogP contribution in [0, 0.1) is 0 Å². The van der Waals surface area contributed by atoms with Crippen LogP contribution < -0.4 is 15.7 Å². The highest BCUT2D eigenvalue weighted by Crippen LogP contribution is 2.24. The molecule has 100 valence electrons. The zero-order chi connectivity index (χ0) is 14.0. The van der Waals surface area contributed by atoms with Gasteiger partial charge in [0.25, 0.3) is 11.8 Å². The van der Waals surface area contributed by atoms with Gasteiger partial charge in [-0.1, -0.05) is 12.1 Å². The van der Waals surface area contributed by atoms with Crippen molar-refractivity contribution >= 4 is 29.8 Å². The number of nitrogens with zero attached hydrogens (tertiary/aromatic N) is 2. The largest absolute Gasteiger partial charge is 0.384 e. The lowest BCUT2D eigenvalue weighted by molar-refractivity contribution is 0.0634. The van der Waals surface area contributed by atoms with Crippen molar-refractivity contribution in [3.63, 3.8) is 0 Å². The summed E-state index contributed by atoms with van der Waals surface area (Å²) in [4.78, 5) is 27.8. The Bertz CT molecular complexity index is 525. The van der Waals surface area contributed by atoms with Crippen LogP contribution >= 0.6 is 12.1 Å². The molecule has 0 saturated carbocycles. The second-order valence-electron chi connectivity index (χ2n) is 3.95. The Hall–Kier alpha value is -2.06. The quantitative estimate of drug-likeness (QED) is 0.236. The molecule has 7 nitrogen and oxygen atoms in total. The fourth-order valence-electron chi connectivity index (χ4n) is 1.86. The van der Waals surface area contributed by atoms with Gasteiger partial charge < -0.3 is 5.73 Å². The van der Waals surface area contributed by atoms with Gasteiger partial charge in [-0.25, -0.2) is 4.83 Å². The highest BCUT2D eigenvalue weighted by molar-refractivity contribution is 7.95. The monoisotopic (exact) mass is 279 g/mol. The van der Waals surface area contributed by atoms with Crippen LogP contribution in [0.1, 0.15) is 27.6 Å². The number of amidine groups is 1. The van der Waals surface area contributed by atoms with E-state index in [1.807, 2.05) is 0 Å². The maximum atomic E-state index is 12.2. The average molecular weight is 279 g/mol. The molecule has 0 aliphatic carbocycles. The molecule has 1 aliphatic heterocycles. The number of hydrogen-bond donors (Lipinski definition) is 3. The first-order chi connectivity index (χ1) is 9.07. The number of benzene rings is 1. The van der Waals surface area contributed by atoms with Crippen molar-refractivity contribution in [3.8, 4) is 0 Å². The third kappa shape index (κ3) is 2.27. The first-order valence-electron chi connectivity index (χ1n) is 5.48. The van der Waals surface area contributed by atoms with Crippen LogP contribution in [-0.2, 0) is 0 Å². The molecule has 1 atom stereocenters. The minimum Gasteiger partial charge on any atom is -0.384 e. The number of nitrogens with one attached hydrogen (secondary N) is 1. The third-order valence-electron chi connectivity index (χ3n) is 2.87. The fraction of sp³-hybridized carbons (Fsp3) is 0.182. The molecule has 0 fully saturated rings. The van der Waals surface area contributed by atoms with Gasteiger partial charge in [-0.2, -0.15) is 5.10 Å². The van der Waals surface area contributed by atoms with Crippen molar-refractivity contribution in [1.82, 2.24) is 9.73 Å². The normalized spacial score (nSPS) is 16.5. The lowest BCUT2D eigenvalue weighted by Gasteiger charge is -2.21. The smallest absolute Gasteiger partial charge is 0.262 e. The summed E-state index contributed by atoms with van der Waals surface area (Å²) < 4.78 is 0. The van der Waals surface area contributed by atoms with Gasteiger partial charge in [0.2, 0.25) is 0 Å². The lowest BCUT2D eigenvalue weighted by Crippen LogP contribution is -2.46. The molecule has 0 saturated heterocycles. The van der Waals surface area contributed by atoms with E-state index in [0.29, 0.717) is 11.1 Å². The number of carbonyl (C=O) groups excluding carboxylic acids is 2. The summed E-state index contributed by atoms with van der Waals surface area (Å²) in [5.74, 6) is -0.634. The number of hydrazone groups is 1. The second-order valence-corrected chi connectivity index (χ2v) is 4.37. The van der Waals surface area contributed by atoms with Crippen molar-refractivity contribution in [1.29, 1.82) is 0 Å². The first kappa shape index (κ1) is 13.4. The zero-order valence-electron chi connectivity index (χ0n) is 10.2. The van der Waals surface area contributed by atoms with Gasteiger partial charge in [0.05, 0.1) is 17.2 Å². The number of amides is 2. The van der Waals surface area contributed by atoms with Crippen LogP contribution in [0.4, 0.5) is 0 Å². The molecule has 1 aromatic carbocycles. The molecular formula is C11H13N5O2S. The number of rotatable bonds is 4. The average Bonchev–Trinajstić information content (AvgIpc) is 2.68. The second kappa shape index (κ2) is 5.29. The number of nitrogens with two attached hydrogens (primary N) is 2. The van der Waals surface area contributed by atoms with Gasteiger partial charge in [-0.3, -0.25) is 19.6 Å². The minimum absolute atomic E-state index is 0.104. The summed E-state index contributed by atoms with van der Waals surface area (Å²) in [6.45, 7) is 1.63. The lowest BCUT2D eigenvalue weighted by atomic mass is 10.1. The van der Waals surface area contributed by atoms with Crippen LogP contribution in [0.2, 0.25) is 0 Å². The van der Waals surface area contributed by atoms with E-state index in [1.165, 1.54) is 0 Å². The Morgan fingerprint density at radius 3 is 2.32 bits per heavy atom. The van der Waals surface area contributed by atoms with E-state index in [0.717, 1.165) is 17.0 Å². The Kier molecular flexibility index (Phi) is 3.72. The maximum absolute atomic E-state index is 12.2. The summed E-state index contributed by atoms with van der Waals surface area (Å²) in [5, 5.41) is 8.90. The van der Waals surface area contributed by atoms with Gasteiger partial charge >= 0.3 is 0 Å². The van der Waals surface area contributed by atoms with Crippen molar-refractivity contribution in [2.75, 3.05) is 0 Å². The van der Waals surface area contributed by atoms with Crippen molar-refractivity contribution in [3.05, 3.63) is 35.4 Å². The van der Waals surface area contributed by atoms with Crippen LogP contribution in [0.15, 0.2) is 29.4 Å². The van der Waals surface area contributed by atoms with Crippen LogP contribution in [0.5, 0.6) is 0 Å².